The van der Waals surface area contributed by atoms with Crippen LogP contribution in [0.4, 0.5) is 0 Å². The molecule has 2 unspecified atom stereocenters. The number of piperazine rings is 1. The molecule has 0 saturated carbocycles. The van der Waals surface area contributed by atoms with Crippen molar-refractivity contribution in [2.75, 3.05) is 26.2 Å². The first-order valence-electron chi connectivity index (χ1n) is 9.05. The summed E-state index contributed by atoms with van der Waals surface area (Å²) in [5.41, 5.74) is 0. The van der Waals surface area contributed by atoms with Crippen LogP contribution < -0.4 is 5.32 Å². The Morgan fingerprint density at radius 2 is 1.75 bits per heavy atom. The summed E-state index contributed by atoms with van der Waals surface area (Å²) in [5, 5.41) is 3.63. The Morgan fingerprint density at radius 1 is 1.08 bits per heavy atom. The van der Waals surface area contributed by atoms with Crippen molar-refractivity contribution in [2.24, 2.45) is 5.92 Å². The van der Waals surface area contributed by atoms with Crippen LogP contribution in [0.25, 0.3) is 0 Å². The van der Waals surface area contributed by atoms with Gasteiger partial charge >= 0.3 is 0 Å². The summed E-state index contributed by atoms with van der Waals surface area (Å²) in [7, 11) is 0. The molecule has 24 heavy (non-hydrogen) atoms. The van der Waals surface area contributed by atoms with Crippen molar-refractivity contribution in [1.29, 1.82) is 0 Å². The van der Waals surface area contributed by atoms with Gasteiger partial charge < -0.3 is 19.5 Å². The minimum Gasteiger partial charge on any atom is -0.459 e. The van der Waals surface area contributed by atoms with Crippen molar-refractivity contribution in [3.63, 3.8) is 0 Å². The van der Waals surface area contributed by atoms with Crippen molar-refractivity contribution in [1.82, 2.24) is 15.1 Å². The van der Waals surface area contributed by atoms with Crippen LogP contribution in [0.5, 0.6) is 0 Å². The maximum absolute atomic E-state index is 12.6. The molecule has 0 spiro atoms. The van der Waals surface area contributed by atoms with Crippen molar-refractivity contribution < 1.29 is 14.0 Å². The molecule has 2 amide bonds. The van der Waals surface area contributed by atoms with Gasteiger partial charge in [-0.2, -0.15) is 0 Å². The van der Waals surface area contributed by atoms with Crippen LogP contribution in [-0.2, 0) is 4.79 Å². The smallest absolute Gasteiger partial charge is 0.289 e. The Kier molecular flexibility index (Phi) is 4.31. The predicted molar refractivity (Wildman–Crippen MR) is 88.5 cm³/mol. The van der Waals surface area contributed by atoms with Crippen molar-refractivity contribution in [2.45, 2.75) is 44.2 Å². The van der Waals surface area contributed by atoms with Crippen molar-refractivity contribution >= 4 is 11.8 Å². The van der Waals surface area contributed by atoms with Gasteiger partial charge in [-0.1, -0.05) is 0 Å². The fraction of sp³-hybridized carbons (Fsp3) is 0.667. The molecule has 1 N–H and O–H groups in total. The fourth-order valence-electron chi connectivity index (χ4n) is 4.43. The molecule has 4 heterocycles. The second-order valence-electron chi connectivity index (χ2n) is 7.33. The third kappa shape index (κ3) is 3.20. The molecule has 0 aromatic carbocycles. The third-order valence-electron chi connectivity index (χ3n) is 5.69. The molecule has 1 aromatic rings. The van der Waals surface area contributed by atoms with Gasteiger partial charge in [0.05, 0.1) is 6.26 Å². The number of hydrogen-bond donors (Lipinski definition) is 1. The SMILES string of the molecule is O=C(CC1CC2CCC(C1)N2)N1CCN(C(=O)c2ccco2)CC1. The molecule has 2 bridgehead atoms. The molecule has 1 aromatic heterocycles. The minimum absolute atomic E-state index is 0.0815. The average Bonchev–Trinajstić information content (AvgIpc) is 3.24. The van der Waals surface area contributed by atoms with E-state index in [-0.39, 0.29) is 11.8 Å². The van der Waals surface area contributed by atoms with E-state index in [0.29, 0.717) is 56.4 Å². The van der Waals surface area contributed by atoms with Gasteiger partial charge in [0.25, 0.3) is 5.91 Å². The molecular formula is C18H25N3O3. The molecule has 6 heteroatoms. The lowest BCUT2D eigenvalue weighted by atomic mass is 9.89. The number of carbonyl (C=O) groups excluding carboxylic acids is 2. The molecular weight excluding hydrogens is 306 g/mol. The van der Waals surface area contributed by atoms with E-state index in [9.17, 15) is 9.59 Å². The number of amides is 2. The molecule has 0 aliphatic carbocycles. The summed E-state index contributed by atoms with van der Waals surface area (Å²) in [5.74, 6) is 1.08. The average molecular weight is 331 g/mol. The topological polar surface area (TPSA) is 65.8 Å². The van der Waals surface area contributed by atoms with Gasteiger partial charge in [-0.05, 0) is 43.7 Å². The second kappa shape index (κ2) is 6.59. The highest BCUT2D eigenvalue weighted by atomic mass is 16.3. The number of piperidine rings is 1. The summed E-state index contributed by atoms with van der Waals surface area (Å²) < 4.78 is 5.17. The molecule has 6 nitrogen and oxygen atoms in total. The number of furan rings is 1. The largest absolute Gasteiger partial charge is 0.459 e. The van der Waals surface area contributed by atoms with Crippen molar-refractivity contribution in [3.05, 3.63) is 24.2 Å². The summed E-state index contributed by atoms with van der Waals surface area (Å²) >= 11 is 0. The first-order valence-corrected chi connectivity index (χ1v) is 9.05. The van der Waals surface area contributed by atoms with E-state index >= 15 is 0 Å². The Hall–Kier alpha value is -1.82. The first kappa shape index (κ1) is 15.7. The molecule has 3 fully saturated rings. The Bertz CT molecular complexity index is 581. The first-order chi connectivity index (χ1) is 11.7. The van der Waals surface area contributed by atoms with Gasteiger partial charge in [-0.25, -0.2) is 0 Å². The fourth-order valence-corrected chi connectivity index (χ4v) is 4.43. The summed E-state index contributed by atoms with van der Waals surface area (Å²) in [6.45, 7) is 2.43. The summed E-state index contributed by atoms with van der Waals surface area (Å²) in [6.07, 6.45) is 6.99. The van der Waals surface area contributed by atoms with E-state index in [1.54, 1.807) is 17.0 Å². The van der Waals surface area contributed by atoms with Gasteiger partial charge in [0.1, 0.15) is 0 Å². The summed E-state index contributed by atoms with van der Waals surface area (Å²) in [4.78, 5) is 28.5. The van der Waals surface area contributed by atoms with E-state index in [0.717, 1.165) is 12.8 Å². The van der Waals surface area contributed by atoms with Gasteiger partial charge in [0.15, 0.2) is 5.76 Å². The standard InChI is InChI=1S/C18H25N3O3/c22-17(12-13-10-14-3-4-15(11-13)19-14)20-5-7-21(8-6-20)18(23)16-2-1-9-24-16/h1-2,9,13-15,19H,3-8,10-12H2. The maximum atomic E-state index is 12.6. The van der Waals surface area contributed by atoms with E-state index in [1.165, 1.54) is 19.1 Å². The van der Waals surface area contributed by atoms with E-state index in [2.05, 4.69) is 5.32 Å². The van der Waals surface area contributed by atoms with Gasteiger partial charge in [0.2, 0.25) is 5.91 Å². The molecule has 0 radical (unpaired) electrons. The Morgan fingerprint density at radius 3 is 2.38 bits per heavy atom. The van der Waals surface area contributed by atoms with Crippen LogP contribution in [0.1, 0.15) is 42.7 Å². The van der Waals surface area contributed by atoms with E-state index < -0.39 is 0 Å². The van der Waals surface area contributed by atoms with Crippen LogP contribution in [0.3, 0.4) is 0 Å². The zero-order valence-corrected chi connectivity index (χ0v) is 13.9. The number of rotatable bonds is 3. The lowest BCUT2D eigenvalue weighted by Crippen LogP contribution is -2.51. The Balaban J connectivity index is 1.26. The zero-order valence-electron chi connectivity index (χ0n) is 13.9. The minimum atomic E-state index is -0.0815. The monoisotopic (exact) mass is 331 g/mol. The second-order valence-corrected chi connectivity index (χ2v) is 7.33. The third-order valence-corrected chi connectivity index (χ3v) is 5.69. The lowest BCUT2D eigenvalue weighted by molar-refractivity contribution is -0.134. The number of nitrogens with zero attached hydrogens (tertiary/aromatic N) is 2. The number of carbonyl (C=O) groups is 2. The highest BCUT2D eigenvalue weighted by molar-refractivity contribution is 5.91. The van der Waals surface area contributed by atoms with Crippen LogP contribution in [0.15, 0.2) is 22.8 Å². The molecule has 130 valence electrons. The van der Waals surface area contributed by atoms with Crippen LogP contribution >= 0.6 is 0 Å². The van der Waals surface area contributed by atoms with Crippen molar-refractivity contribution in [3.8, 4) is 0 Å². The van der Waals surface area contributed by atoms with Crippen LogP contribution in [0, 0.1) is 5.92 Å². The van der Waals surface area contributed by atoms with Gasteiger partial charge in [-0.3, -0.25) is 9.59 Å². The Labute approximate surface area is 142 Å². The predicted octanol–water partition coefficient (Wildman–Crippen LogP) is 1.48. The normalized spacial score (nSPS) is 29.8. The van der Waals surface area contributed by atoms with E-state index in [1.807, 2.05) is 4.90 Å². The number of fused-ring (bicyclic) bond motifs is 2. The van der Waals surface area contributed by atoms with Crippen LogP contribution in [0.2, 0.25) is 0 Å². The highest BCUT2D eigenvalue weighted by Crippen LogP contribution is 2.33. The molecule has 2 atom stereocenters. The molecule has 3 aliphatic heterocycles. The zero-order chi connectivity index (χ0) is 16.5. The quantitative estimate of drug-likeness (QED) is 0.911. The van der Waals surface area contributed by atoms with E-state index in [4.69, 9.17) is 4.42 Å². The maximum Gasteiger partial charge on any atom is 0.289 e. The molecule has 3 saturated heterocycles. The van der Waals surface area contributed by atoms with Gasteiger partial charge in [0, 0.05) is 44.7 Å². The lowest BCUT2D eigenvalue weighted by Gasteiger charge is -2.36. The summed E-state index contributed by atoms with van der Waals surface area (Å²) in [6, 6.07) is 4.67. The van der Waals surface area contributed by atoms with Crippen LogP contribution in [-0.4, -0.2) is 59.9 Å². The molecule has 4 rings (SSSR count). The van der Waals surface area contributed by atoms with Gasteiger partial charge in [-0.15, -0.1) is 0 Å². The number of hydrogen-bond acceptors (Lipinski definition) is 4. The highest BCUT2D eigenvalue weighted by Gasteiger charge is 2.35. The molecule has 3 aliphatic rings. The number of nitrogens with one attached hydrogen (secondary N) is 1.